The molecule has 0 spiro atoms. The van der Waals surface area contributed by atoms with Gasteiger partial charge in [-0.3, -0.25) is 52.7 Å². The zero-order valence-corrected chi connectivity index (χ0v) is 44.9. The van der Waals surface area contributed by atoms with Crippen molar-refractivity contribution in [2.75, 3.05) is 31.7 Å². The summed E-state index contributed by atoms with van der Waals surface area (Å²) in [4.78, 5) is 156. The van der Waals surface area contributed by atoms with Crippen LogP contribution in [0.25, 0.3) is 0 Å². The maximum atomic E-state index is 13.9. The van der Waals surface area contributed by atoms with Gasteiger partial charge in [0.2, 0.25) is 65.0 Å². The minimum Gasteiger partial charge on any atom is -0.480 e. The molecule has 0 heterocycles. The van der Waals surface area contributed by atoms with Gasteiger partial charge in [0.05, 0.1) is 19.1 Å². The molecule has 0 unspecified atom stereocenters. The molecule has 0 aliphatic heterocycles. The highest BCUT2D eigenvalue weighted by Gasteiger charge is 2.35. The Balaban J connectivity index is 6.30. The van der Waals surface area contributed by atoms with Crippen LogP contribution in [0.1, 0.15) is 112 Å². The average molecular weight is 1090 g/mol. The Morgan fingerprint density at radius 3 is 1.24 bits per heavy atom. The number of thioether (sulfide) groups is 1. The zero-order chi connectivity index (χ0) is 57.5. The molecule has 0 aromatic heterocycles. The first-order valence-corrected chi connectivity index (χ1v) is 26.3. The van der Waals surface area contributed by atoms with E-state index in [4.69, 9.17) is 28.7 Å². The number of hydrogen-bond donors (Lipinski definition) is 16. The number of carbonyl (C=O) groups is 12. The molecule has 428 valence electrons. The summed E-state index contributed by atoms with van der Waals surface area (Å²) < 4.78 is 0. The molecule has 29 heteroatoms. The van der Waals surface area contributed by atoms with Crippen molar-refractivity contribution in [3.63, 3.8) is 0 Å². The molecular formula is C46H84N14O14S. The van der Waals surface area contributed by atoms with E-state index in [1.54, 1.807) is 34.0 Å². The van der Waals surface area contributed by atoms with Crippen LogP contribution in [-0.2, 0) is 57.5 Å². The van der Waals surface area contributed by atoms with E-state index in [1.165, 1.54) is 25.6 Å². The number of nitrogens with two attached hydrogens (primary N) is 5. The van der Waals surface area contributed by atoms with E-state index in [1.807, 2.05) is 0 Å². The predicted molar refractivity (Wildman–Crippen MR) is 277 cm³/mol. The molecule has 0 aromatic carbocycles. The van der Waals surface area contributed by atoms with Gasteiger partial charge in [-0.15, -0.1) is 0 Å². The number of carboxylic acid groups (broad SMARTS) is 1. The van der Waals surface area contributed by atoms with E-state index < -0.39 is 151 Å². The molecule has 0 bridgehead atoms. The lowest BCUT2D eigenvalue weighted by Crippen LogP contribution is -2.60. The van der Waals surface area contributed by atoms with Gasteiger partial charge in [0.15, 0.2) is 0 Å². The normalized spacial score (nSPS) is 15.2. The summed E-state index contributed by atoms with van der Waals surface area (Å²) in [7, 11) is 0. The highest BCUT2D eigenvalue weighted by Crippen LogP contribution is 2.10. The fourth-order valence-corrected chi connectivity index (χ4v) is 7.36. The molecule has 21 N–H and O–H groups in total. The standard InChI is InChI=1S/C46H84N14O14S/c1-23(2)20-32(46(73)74)59-44(71)33(22-61)60-41(68)28(13-9-11-18-48)56-40(67)27(12-8-10-17-47)54-37(64)25(5)52-39(66)29(14-15-34(49)62)55-38(65)26(6)53-43(70)31(21-35(50)63)58-42(69)30(16-19-75-7)57-45(72)36(51)24(3)4/h23-33,36,61H,8-22,47-48,51H2,1-7H3,(H2,49,62)(H2,50,63)(H,52,66)(H,53,70)(H,54,64)(H,55,65)(H,56,67)(H,57,72)(H,58,69)(H,59,71)(H,60,68)(H,73,74)/t25-,26-,27-,28-,29-,30-,31-,32-,33-,36-/m0/s1. The number of carbonyl (C=O) groups excluding carboxylic acids is 11. The summed E-state index contributed by atoms with van der Waals surface area (Å²) in [5, 5.41) is 41.4. The van der Waals surface area contributed by atoms with Crippen molar-refractivity contribution in [1.82, 2.24) is 47.9 Å². The van der Waals surface area contributed by atoms with Crippen molar-refractivity contribution in [3.8, 4) is 0 Å². The molecule has 10 atom stereocenters. The highest BCUT2D eigenvalue weighted by atomic mass is 32.2. The van der Waals surface area contributed by atoms with Gasteiger partial charge in [0.1, 0.15) is 54.4 Å². The van der Waals surface area contributed by atoms with Crippen LogP contribution in [0.5, 0.6) is 0 Å². The van der Waals surface area contributed by atoms with E-state index >= 15 is 0 Å². The maximum absolute atomic E-state index is 13.9. The Morgan fingerprint density at radius 1 is 0.467 bits per heavy atom. The fourth-order valence-electron chi connectivity index (χ4n) is 6.89. The maximum Gasteiger partial charge on any atom is 0.326 e. The summed E-state index contributed by atoms with van der Waals surface area (Å²) in [6.07, 6.45) is 1.88. The lowest BCUT2D eigenvalue weighted by Gasteiger charge is -2.27. The number of nitrogens with one attached hydrogen (secondary N) is 9. The lowest BCUT2D eigenvalue weighted by molar-refractivity contribution is -0.143. The Morgan fingerprint density at radius 2 is 0.840 bits per heavy atom. The summed E-state index contributed by atoms with van der Waals surface area (Å²) >= 11 is 1.38. The first-order valence-electron chi connectivity index (χ1n) is 24.9. The molecule has 0 aliphatic rings. The third-order valence-corrected chi connectivity index (χ3v) is 12.1. The van der Waals surface area contributed by atoms with E-state index in [2.05, 4.69) is 47.9 Å². The first kappa shape index (κ1) is 68.8. The van der Waals surface area contributed by atoms with Gasteiger partial charge in [-0.2, -0.15) is 11.8 Å². The molecule has 75 heavy (non-hydrogen) atoms. The second-order valence-corrected chi connectivity index (χ2v) is 19.8. The predicted octanol–water partition coefficient (Wildman–Crippen LogP) is -5.35. The van der Waals surface area contributed by atoms with Gasteiger partial charge < -0.3 is 86.7 Å². The van der Waals surface area contributed by atoms with Crippen molar-refractivity contribution in [2.24, 2.45) is 40.5 Å². The van der Waals surface area contributed by atoms with Crippen molar-refractivity contribution in [2.45, 2.75) is 173 Å². The molecule has 0 saturated carbocycles. The van der Waals surface area contributed by atoms with Crippen LogP contribution in [0.3, 0.4) is 0 Å². The number of aliphatic carboxylic acids is 1. The molecule has 0 fully saturated rings. The molecule has 0 radical (unpaired) electrons. The van der Waals surface area contributed by atoms with Crippen LogP contribution in [0.15, 0.2) is 0 Å². The third kappa shape index (κ3) is 27.8. The Hall–Kier alpha value is -6.17. The molecule has 0 rings (SSSR count). The van der Waals surface area contributed by atoms with Gasteiger partial charge in [-0.25, -0.2) is 4.79 Å². The zero-order valence-electron chi connectivity index (χ0n) is 44.1. The summed E-state index contributed by atoms with van der Waals surface area (Å²) in [5.74, 6) is -11.3. The van der Waals surface area contributed by atoms with Gasteiger partial charge in [-0.05, 0) is 109 Å². The topological polar surface area (TPSA) is 484 Å². The quantitative estimate of drug-likeness (QED) is 0.0256. The molecule has 28 nitrogen and oxygen atoms in total. The number of unbranched alkanes of at least 4 members (excludes halogenated alkanes) is 2. The lowest BCUT2D eigenvalue weighted by atomic mass is 10.0. The minimum absolute atomic E-state index is 0.00475. The van der Waals surface area contributed by atoms with Crippen LogP contribution < -0.4 is 76.5 Å². The van der Waals surface area contributed by atoms with Crippen LogP contribution in [-0.4, -0.2) is 173 Å². The number of hydrogen-bond acceptors (Lipinski definition) is 17. The van der Waals surface area contributed by atoms with Crippen LogP contribution in [0.2, 0.25) is 0 Å². The third-order valence-electron chi connectivity index (χ3n) is 11.4. The van der Waals surface area contributed by atoms with Crippen molar-refractivity contribution < 1.29 is 67.7 Å². The Labute approximate surface area is 441 Å². The summed E-state index contributed by atoms with van der Waals surface area (Å²) in [6, 6.07) is -13.8. The van der Waals surface area contributed by atoms with Crippen molar-refractivity contribution >= 4 is 82.7 Å². The average Bonchev–Trinajstić information content (AvgIpc) is 3.33. The Bertz CT molecular complexity index is 1930. The SMILES string of the molecule is CSCC[C@H](NC(=O)[C@@H](N)C(C)C)C(=O)N[C@@H](CC(N)=O)C(=O)N[C@@H](C)C(=O)N[C@@H](CCC(N)=O)C(=O)N[C@@H](C)C(=O)N[C@@H](CCCCN)C(=O)N[C@@H](CCCCN)C(=O)N[C@@H](CO)C(=O)N[C@@H](CC(C)C)C(=O)O. The van der Waals surface area contributed by atoms with Crippen LogP contribution >= 0.6 is 11.8 Å². The smallest absolute Gasteiger partial charge is 0.326 e. The largest absolute Gasteiger partial charge is 0.480 e. The van der Waals surface area contributed by atoms with Crippen LogP contribution in [0.4, 0.5) is 0 Å². The monoisotopic (exact) mass is 1090 g/mol. The first-order chi connectivity index (χ1) is 35.1. The summed E-state index contributed by atoms with van der Waals surface area (Å²) in [5.41, 5.74) is 28.0. The molecular weight excluding hydrogens is 1000 g/mol. The number of carboxylic acids is 1. The van der Waals surface area contributed by atoms with Crippen molar-refractivity contribution in [3.05, 3.63) is 0 Å². The number of primary amides is 2. The number of amides is 11. The van der Waals surface area contributed by atoms with Gasteiger partial charge >= 0.3 is 5.97 Å². The van der Waals surface area contributed by atoms with Crippen LogP contribution in [0, 0.1) is 11.8 Å². The van der Waals surface area contributed by atoms with Gasteiger partial charge in [0.25, 0.3) is 0 Å². The summed E-state index contributed by atoms with van der Waals surface area (Å²) in [6.45, 7) is 8.90. The molecule has 11 amide bonds. The van der Waals surface area contributed by atoms with E-state index in [0.29, 0.717) is 31.4 Å². The molecule has 0 aliphatic carbocycles. The fraction of sp³-hybridized carbons (Fsp3) is 0.739. The minimum atomic E-state index is -1.63. The second kappa shape index (κ2) is 36.7. The van der Waals surface area contributed by atoms with E-state index in [-0.39, 0.29) is 57.0 Å². The highest BCUT2D eigenvalue weighted by molar-refractivity contribution is 7.98. The van der Waals surface area contributed by atoms with Gasteiger partial charge in [0, 0.05) is 6.42 Å². The Kier molecular flexibility index (Phi) is 33.7. The number of rotatable bonds is 39. The van der Waals surface area contributed by atoms with Gasteiger partial charge in [-0.1, -0.05) is 27.7 Å². The molecule has 0 saturated heterocycles. The number of aliphatic hydroxyl groups is 1. The van der Waals surface area contributed by atoms with Crippen molar-refractivity contribution in [1.29, 1.82) is 0 Å². The molecule has 0 aromatic rings. The second-order valence-electron chi connectivity index (χ2n) is 18.8. The van der Waals surface area contributed by atoms with E-state index in [9.17, 15) is 67.7 Å². The number of aliphatic hydroxyl groups excluding tert-OH is 1. The van der Waals surface area contributed by atoms with E-state index in [0.717, 1.165) is 0 Å².